The number of anilines is 1. The third-order valence-electron chi connectivity index (χ3n) is 5.67. The van der Waals surface area contributed by atoms with Gasteiger partial charge in [0.15, 0.2) is 6.10 Å². The van der Waals surface area contributed by atoms with Crippen LogP contribution in [-0.4, -0.2) is 64.1 Å². The molecule has 10 heteroatoms. The average Bonchev–Trinajstić information content (AvgIpc) is 2.88. The van der Waals surface area contributed by atoms with Gasteiger partial charge < -0.3 is 19.5 Å². The number of benzene rings is 3. The van der Waals surface area contributed by atoms with Crippen LogP contribution in [0.5, 0.6) is 5.75 Å². The van der Waals surface area contributed by atoms with Crippen molar-refractivity contribution in [2.75, 3.05) is 38.7 Å². The van der Waals surface area contributed by atoms with Gasteiger partial charge in [0.2, 0.25) is 10.0 Å². The van der Waals surface area contributed by atoms with E-state index in [0.29, 0.717) is 37.7 Å². The first-order chi connectivity index (χ1) is 16.8. The summed E-state index contributed by atoms with van der Waals surface area (Å²) < 4.78 is 42.8. The Bertz CT molecular complexity index is 1330. The van der Waals surface area contributed by atoms with Crippen molar-refractivity contribution in [2.45, 2.75) is 17.9 Å². The highest BCUT2D eigenvalue weighted by atomic mass is 32.2. The number of esters is 1. The maximum atomic E-state index is 12.8. The molecule has 0 bridgehead atoms. The SMILES string of the molecule is COc1cc2ccccc2cc1C(=O)OC(C)C(=O)Nc1ccc(S(=O)(=O)N2CCOCC2)cc1. The third kappa shape index (κ3) is 5.45. The topological polar surface area (TPSA) is 111 Å². The number of carbonyl (C=O) groups is 2. The molecule has 1 amide bonds. The maximum absolute atomic E-state index is 12.8. The molecule has 1 N–H and O–H groups in total. The van der Waals surface area contributed by atoms with Gasteiger partial charge in [-0.3, -0.25) is 4.79 Å². The highest BCUT2D eigenvalue weighted by Gasteiger charge is 2.26. The molecule has 9 nitrogen and oxygen atoms in total. The lowest BCUT2D eigenvalue weighted by Crippen LogP contribution is -2.40. The van der Waals surface area contributed by atoms with E-state index in [0.717, 1.165) is 10.8 Å². The van der Waals surface area contributed by atoms with Crippen LogP contribution >= 0.6 is 0 Å². The summed E-state index contributed by atoms with van der Waals surface area (Å²) in [6.07, 6.45) is -1.10. The first-order valence-electron chi connectivity index (χ1n) is 11.1. The molecular formula is C25H26N2O7S. The molecule has 35 heavy (non-hydrogen) atoms. The first-order valence-corrected chi connectivity index (χ1v) is 12.5. The molecule has 4 rings (SSSR count). The molecule has 0 aliphatic carbocycles. The molecule has 3 aromatic carbocycles. The van der Waals surface area contributed by atoms with E-state index in [1.54, 1.807) is 12.1 Å². The third-order valence-corrected chi connectivity index (χ3v) is 7.58. The van der Waals surface area contributed by atoms with Crippen LogP contribution in [-0.2, 0) is 24.3 Å². The Kier molecular flexibility index (Phi) is 7.34. The molecule has 3 aromatic rings. The number of methoxy groups -OCH3 is 1. The number of carbonyl (C=O) groups excluding carboxylic acids is 2. The van der Waals surface area contributed by atoms with Crippen molar-refractivity contribution in [3.63, 3.8) is 0 Å². The molecular weight excluding hydrogens is 472 g/mol. The predicted octanol–water partition coefficient (Wildman–Crippen LogP) is 3.05. The zero-order valence-electron chi connectivity index (χ0n) is 19.4. The highest BCUT2D eigenvalue weighted by molar-refractivity contribution is 7.89. The Labute approximate surface area is 203 Å². The van der Waals surface area contributed by atoms with Gasteiger partial charge in [0.1, 0.15) is 11.3 Å². The van der Waals surface area contributed by atoms with Crippen molar-refractivity contribution < 1.29 is 32.2 Å². The second-order valence-electron chi connectivity index (χ2n) is 7.98. The number of amides is 1. The first kappa shape index (κ1) is 24.6. The van der Waals surface area contributed by atoms with Crippen molar-refractivity contribution in [3.8, 4) is 5.75 Å². The summed E-state index contributed by atoms with van der Waals surface area (Å²) in [5.74, 6) is -0.900. The van der Waals surface area contributed by atoms with E-state index in [1.807, 2.05) is 24.3 Å². The minimum atomic E-state index is -3.63. The van der Waals surface area contributed by atoms with Gasteiger partial charge in [-0.2, -0.15) is 4.31 Å². The van der Waals surface area contributed by atoms with E-state index >= 15 is 0 Å². The summed E-state index contributed by atoms with van der Waals surface area (Å²) in [7, 11) is -2.17. The van der Waals surface area contributed by atoms with Crippen LogP contribution < -0.4 is 10.1 Å². The van der Waals surface area contributed by atoms with Gasteiger partial charge in [-0.15, -0.1) is 0 Å². The van der Waals surface area contributed by atoms with Crippen molar-refractivity contribution in [3.05, 3.63) is 66.2 Å². The van der Waals surface area contributed by atoms with Crippen LogP contribution in [0.15, 0.2) is 65.6 Å². The molecule has 0 aromatic heterocycles. The summed E-state index contributed by atoms with van der Waals surface area (Å²) >= 11 is 0. The monoisotopic (exact) mass is 498 g/mol. The number of ether oxygens (including phenoxy) is 3. The Morgan fingerprint density at radius 2 is 1.63 bits per heavy atom. The largest absolute Gasteiger partial charge is 0.496 e. The van der Waals surface area contributed by atoms with Gasteiger partial charge in [0.25, 0.3) is 5.91 Å². The number of nitrogens with one attached hydrogen (secondary N) is 1. The lowest BCUT2D eigenvalue weighted by Gasteiger charge is -2.26. The Hall–Kier alpha value is -3.47. The van der Waals surface area contributed by atoms with E-state index in [9.17, 15) is 18.0 Å². The number of hydrogen-bond acceptors (Lipinski definition) is 7. The van der Waals surface area contributed by atoms with Crippen LogP contribution in [0.2, 0.25) is 0 Å². The van der Waals surface area contributed by atoms with Crippen molar-refractivity contribution >= 4 is 38.4 Å². The van der Waals surface area contributed by atoms with E-state index in [2.05, 4.69) is 5.32 Å². The van der Waals surface area contributed by atoms with Crippen LogP contribution in [0.1, 0.15) is 17.3 Å². The van der Waals surface area contributed by atoms with E-state index < -0.39 is 28.0 Å². The molecule has 1 saturated heterocycles. The number of nitrogens with zero attached hydrogens (tertiary/aromatic N) is 1. The van der Waals surface area contributed by atoms with Gasteiger partial charge in [-0.25, -0.2) is 13.2 Å². The number of morpholine rings is 1. The summed E-state index contributed by atoms with van der Waals surface area (Å²) in [6, 6.07) is 16.8. The molecule has 1 aliphatic heterocycles. The fraction of sp³-hybridized carbons (Fsp3) is 0.280. The lowest BCUT2D eigenvalue weighted by atomic mass is 10.1. The minimum absolute atomic E-state index is 0.125. The van der Waals surface area contributed by atoms with E-state index in [1.165, 1.54) is 42.6 Å². The van der Waals surface area contributed by atoms with Crippen LogP contribution in [0.25, 0.3) is 10.8 Å². The quantitative estimate of drug-likeness (QED) is 0.499. The molecule has 0 spiro atoms. The van der Waals surface area contributed by atoms with Gasteiger partial charge in [-0.05, 0) is 54.1 Å². The zero-order chi connectivity index (χ0) is 25.0. The smallest absolute Gasteiger partial charge is 0.342 e. The van der Waals surface area contributed by atoms with Crippen molar-refractivity contribution in [1.29, 1.82) is 0 Å². The number of rotatable bonds is 7. The Morgan fingerprint density at radius 3 is 2.26 bits per heavy atom. The summed E-state index contributed by atoms with van der Waals surface area (Å²) in [5.41, 5.74) is 0.589. The summed E-state index contributed by atoms with van der Waals surface area (Å²) in [5, 5.41) is 4.38. The van der Waals surface area contributed by atoms with Gasteiger partial charge in [-0.1, -0.05) is 24.3 Å². The fourth-order valence-corrected chi connectivity index (χ4v) is 5.12. The fourth-order valence-electron chi connectivity index (χ4n) is 3.72. The van der Waals surface area contributed by atoms with E-state index in [4.69, 9.17) is 14.2 Å². The van der Waals surface area contributed by atoms with Crippen LogP contribution in [0, 0.1) is 0 Å². The molecule has 1 atom stereocenters. The average molecular weight is 499 g/mol. The van der Waals surface area contributed by atoms with Gasteiger partial charge in [0, 0.05) is 18.8 Å². The van der Waals surface area contributed by atoms with Crippen molar-refractivity contribution in [2.24, 2.45) is 0 Å². The minimum Gasteiger partial charge on any atom is -0.496 e. The van der Waals surface area contributed by atoms with Crippen LogP contribution in [0.4, 0.5) is 5.69 Å². The number of hydrogen-bond donors (Lipinski definition) is 1. The molecule has 1 aliphatic rings. The standard InChI is InChI=1S/C25H26N2O7S/c1-17(34-25(29)22-15-18-5-3-4-6-19(18)16-23(22)32-2)24(28)26-20-7-9-21(10-8-20)35(30,31)27-11-13-33-14-12-27/h3-10,15-17H,11-14H2,1-2H3,(H,26,28). The molecule has 1 fully saturated rings. The summed E-state index contributed by atoms with van der Waals surface area (Å²) in [6.45, 7) is 2.76. The number of fused-ring (bicyclic) bond motifs is 1. The van der Waals surface area contributed by atoms with Crippen LogP contribution in [0.3, 0.4) is 0 Å². The Balaban J connectivity index is 1.41. The molecule has 1 heterocycles. The predicted molar refractivity (Wildman–Crippen MR) is 130 cm³/mol. The Morgan fingerprint density at radius 1 is 1.00 bits per heavy atom. The molecule has 184 valence electrons. The normalized spacial score (nSPS) is 15.4. The zero-order valence-corrected chi connectivity index (χ0v) is 20.2. The van der Waals surface area contributed by atoms with E-state index in [-0.39, 0.29) is 10.5 Å². The molecule has 0 radical (unpaired) electrons. The number of sulfonamides is 1. The molecule has 1 unspecified atom stereocenters. The molecule has 0 saturated carbocycles. The maximum Gasteiger partial charge on any atom is 0.342 e. The lowest BCUT2D eigenvalue weighted by molar-refractivity contribution is -0.123. The summed E-state index contributed by atoms with van der Waals surface area (Å²) in [4.78, 5) is 25.5. The second kappa shape index (κ2) is 10.4. The highest BCUT2D eigenvalue weighted by Crippen LogP contribution is 2.27. The second-order valence-corrected chi connectivity index (χ2v) is 9.92. The van der Waals surface area contributed by atoms with Crippen molar-refractivity contribution in [1.82, 2.24) is 4.31 Å². The van der Waals surface area contributed by atoms with Gasteiger partial charge >= 0.3 is 5.97 Å². The van der Waals surface area contributed by atoms with Gasteiger partial charge in [0.05, 0.1) is 25.2 Å².